The first-order chi connectivity index (χ1) is 41.7. The normalized spacial score (nSPS) is 19.6. The summed E-state index contributed by atoms with van der Waals surface area (Å²) in [7, 11) is 0. The number of aromatic hydroxyl groups is 1. The number of benzene rings is 3. The van der Waals surface area contributed by atoms with Crippen molar-refractivity contribution >= 4 is 63.3 Å². The van der Waals surface area contributed by atoms with Crippen molar-refractivity contribution in [3.63, 3.8) is 0 Å². The van der Waals surface area contributed by atoms with Crippen LogP contribution in [0.4, 0.5) is 17.3 Å². The van der Waals surface area contributed by atoms with Gasteiger partial charge in [0.2, 0.25) is 23.7 Å². The highest BCUT2D eigenvalue weighted by Gasteiger charge is 2.50. The van der Waals surface area contributed by atoms with Gasteiger partial charge in [0, 0.05) is 88.0 Å². The van der Waals surface area contributed by atoms with Crippen molar-refractivity contribution in [2.75, 3.05) is 56.0 Å². The number of anilines is 3. The summed E-state index contributed by atoms with van der Waals surface area (Å²) >= 11 is 1.54. The Hall–Kier alpha value is -8.31. The lowest BCUT2D eigenvalue weighted by Gasteiger charge is -2.56. The molecule has 1 aliphatic carbocycles. The molecule has 5 aliphatic rings. The number of rotatable bonds is 17. The van der Waals surface area contributed by atoms with E-state index in [1.54, 1.807) is 65.7 Å². The highest BCUT2D eigenvalue weighted by molar-refractivity contribution is 7.13. The smallest absolute Gasteiger partial charge is 0.278 e. The summed E-state index contributed by atoms with van der Waals surface area (Å²) in [5.41, 5.74) is 6.90. The van der Waals surface area contributed by atoms with Gasteiger partial charge >= 0.3 is 0 Å². The molecule has 12 rings (SSSR count). The maximum Gasteiger partial charge on any atom is 0.278 e. The van der Waals surface area contributed by atoms with Gasteiger partial charge in [-0.3, -0.25) is 28.9 Å². The molecular weight excluding hydrogens is 1120 g/mol. The molecule has 1 spiro atoms. The molecule has 0 bridgehead atoms. The number of piperazine rings is 1. The van der Waals surface area contributed by atoms with Crippen molar-refractivity contribution in [1.29, 1.82) is 0 Å². The fourth-order valence-corrected chi connectivity index (χ4v) is 14.4. The van der Waals surface area contributed by atoms with E-state index in [0.717, 1.165) is 84.9 Å². The number of nitrogens with zero attached hydrogens (tertiary/aromatic N) is 11. The number of amides is 4. The molecule has 21 nitrogen and oxygen atoms in total. The van der Waals surface area contributed by atoms with Crippen molar-refractivity contribution in [2.24, 2.45) is 11.3 Å². The number of piperidine rings is 1. The lowest BCUT2D eigenvalue weighted by atomic mass is 9.60. The average Bonchev–Trinajstić information content (AvgIpc) is 1.98. The molecule has 7 aromatic rings. The maximum absolute atomic E-state index is 14.6. The van der Waals surface area contributed by atoms with Crippen LogP contribution in [0.25, 0.3) is 27.3 Å². The number of phenolic OH excluding ortho intramolecular Hbond substituents is 1. The number of thiazole rings is 1. The predicted molar refractivity (Wildman–Crippen MR) is 332 cm³/mol. The van der Waals surface area contributed by atoms with Gasteiger partial charge in [0.05, 0.1) is 46.9 Å². The molecule has 0 radical (unpaired) electrons. The Morgan fingerprint density at radius 3 is 2.33 bits per heavy atom. The minimum absolute atomic E-state index is 0.00568. The second-order valence-corrected chi connectivity index (χ2v) is 25.9. The number of nitrogens with one attached hydrogen (secondary N) is 2. The van der Waals surface area contributed by atoms with Crippen LogP contribution in [0.3, 0.4) is 0 Å². The zero-order chi connectivity index (χ0) is 61.1. The number of likely N-dealkylation sites (tertiary alicyclic amines) is 2. The molecule has 3 saturated heterocycles. The minimum atomic E-state index is -1.20. The third-order valence-electron chi connectivity index (χ3n) is 18.4. The Bertz CT molecular complexity index is 3810. The van der Waals surface area contributed by atoms with Crippen LogP contribution >= 0.6 is 11.3 Å². The molecule has 4 fully saturated rings. The van der Waals surface area contributed by atoms with Gasteiger partial charge in [0.1, 0.15) is 28.8 Å². The predicted octanol–water partition coefficient (Wildman–Crippen LogP) is 7.05. The van der Waals surface area contributed by atoms with E-state index in [1.807, 2.05) is 62.1 Å². The number of allylic oxidation sites excluding steroid dienone is 1. The zero-order valence-electron chi connectivity index (χ0n) is 49.8. The highest BCUT2D eigenvalue weighted by Crippen LogP contribution is 2.51. The number of carbonyl (C=O) groups excluding carboxylic acids is 4. The number of β-amino-alcohol motifs (C(OH)–C–C–N with tert-alkyl or cyclic N) is 1. The van der Waals surface area contributed by atoms with Gasteiger partial charge in [-0.2, -0.15) is 4.98 Å². The molecule has 1 saturated carbocycles. The molecule has 5 N–H and O–H groups in total. The number of hydrogen-bond donors (Lipinski definition) is 5. The first-order valence-electron chi connectivity index (χ1n) is 30.1. The molecule has 3 aromatic carbocycles. The first kappa shape index (κ1) is 59.0. The first-order valence-corrected chi connectivity index (χ1v) is 31.0. The summed E-state index contributed by atoms with van der Waals surface area (Å²) in [5, 5.41) is 38.7. The molecule has 4 aromatic heterocycles. The number of pyridine rings is 1. The third kappa shape index (κ3) is 11.7. The number of carbonyl (C=O) groups is 4. The molecule has 4 amide bonds. The van der Waals surface area contributed by atoms with Crippen LogP contribution in [0.1, 0.15) is 105 Å². The van der Waals surface area contributed by atoms with Crippen molar-refractivity contribution in [3.05, 3.63) is 148 Å². The standard InChI is InChI=1S/C65H75N13O8S/c1-7-23-77-61(84)50-35-66-63(71-58(50)78(77)54-10-8-9-53(70-54)64(5,6)86)68-44-15-17-45(18-16-44)72-26-28-73(29-27-72)46-33-65(34-46)21-24-74(25-22-65)55(81)32-51(41-11-13-42(14-12-41)57-40(4)67-38-87-57)69-59(82)52-31-48(80)37-75(52)62(85)56(39(2)3)76-36-43-30-47(79)19-20-49(43)60(76)83/h7-20,30,35,38-39,46,48,51-52,56,79-80,86H,1,21-29,31-34,36-37H2,2-6H3,(H,69,82)(H,66,68,71)/t48-,51+,52+,56+/m1/s1. The quantitative estimate of drug-likeness (QED) is 0.0573. The number of aryl methyl sites for hydroxylation is 1. The number of fused-ring (bicyclic) bond motifs is 2. The minimum Gasteiger partial charge on any atom is -0.508 e. The van der Waals surface area contributed by atoms with Crippen LogP contribution in [-0.2, 0) is 33.1 Å². The highest BCUT2D eigenvalue weighted by atomic mass is 32.1. The average molecular weight is 1200 g/mol. The van der Waals surface area contributed by atoms with E-state index < -0.39 is 41.6 Å². The van der Waals surface area contributed by atoms with Crippen molar-refractivity contribution < 1.29 is 34.5 Å². The number of aliphatic hydroxyl groups excluding tert-OH is 1. The zero-order valence-corrected chi connectivity index (χ0v) is 50.6. The Morgan fingerprint density at radius 1 is 0.920 bits per heavy atom. The molecule has 454 valence electrons. The van der Waals surface area contributed by atoms with Gasteiger partial charge in [-0.1, -0.05) is 50.3 Å². The monoisotopic (exact) mass is 1200 g/mol. The molecular formula is C65H75N13O8S. The Balaban J connectivity index is 0.654. The number of hydrogen-bond acceptors (Lipinski definition) is 16. The van der Waals surface area contributed by atoms with Crippen LogP contribution in [0, 0.1) is 18.3 Å². The SMILES string of the molecule is C=CCn1c(=O)c2cnc(Nc3ccc(N4CCN(C5CC6(CCN(C(=O)C[C@H](NC(=O)[C@@H]7C[C@@H](O)CN7C(=O)[C@H](C(C)C)N7Cc8cc(O)ccc8C7=O)c7ccc(-c8scnc8C)cc7)CC6)C5)CC4)cc3)nc2n1-c1cccc(C(C)(C)O)n1. The van der Waals surface area contributed by atoms with E-state index in [9.17, 15) is 39.3 Å². The van der Waals surface area contributed by atoms with Gasteiger partial charge in [0.25, 0.3) is 11.5 Å². The van der Waals surface area contributed by atoms with Crippen LogP contribution in [0.5, 0.6) is 5.75 Å². The maximum atomic E-state index is 14.6. The van der Waals surface area contributed by atoms with E-state index >= 15 is 0 Å². The summed E-state index contributed by atoms with van der Waals surface area (Å²) in [5.74, 6) is -0.875. The fraction of sp³-hybridized carbons (Fsp3) is 0.431. The van der Waals surface area contributed by atoms with Gasteiger partial charge in [-0.25, -0.2) is 24.3 Å². The number of aromatic nitrogens is 6. The van der Waals surface area contributed by atoms with E-state index in [1.165, 1.54) is 32.8 Å². The second kappa shape index (κ2) is 23.8. The van der Waals surface area contributed by atoms with Gasteiger partial charge in [-0.15, -0.1) is 17.9 Å². The van der Waals surface area contributed by atoms with Crippen LogP contribution in [0.15, 0.2) is 114 Å². The summed E-state index contributed by atoms with van der Waals surface area (Å²) in [6.07, 6.45) is 6.20. The van der Waals surface area contributed by atoms with E-state index in [0.29, 0.717) is 58.8 Å². The van der Waals surface area contributed by atoms with E-state index in [4.69, 9.17) is 4.98 Å². The Morgan fingerprint density at radius 2 is 1.66 bits per heavy atom. The van der Waals surface area contributed by atoms with Crippen molar-refractivity contribution in [2.45, 2.75) is 122 Å². The van der Waals surface area contributed by atoms with E-state index in [-0.39, 0.29) is 66.9 Å². The Labute approximate surface area is 509 Å². The molecule has 4 atom stereocenters. The fourth-order valence-electron chi connectivity index (χ4n) is 13.6. The molecule has 8 heterocycles. The van der Waals surface area contributed by atoms with Gasteiger partial charge < -0.3 is 45.6 Å². The third-order valence-corrected chi connectivity index (χ3v) is 19.4. The van der Waals surface area contributed by atoms with Crippen LogP contribution in [-0.4, -0.2) is 158 Å². The number of phenols is 1. The Kier molecular flexibility index (Phi) is 16.1. The van der Waals surface area contributed by atoms with Gasteiger partial charge in [-0.05, 0) is 129 Å². The molecule has 22 heteroatoms. The molecule has 87 heavy (non-hydrogen) atoms. The van der Waals surface area contributed by atoms with E-state index in [2.05, 4.69) is 54.1 Å². The lowest BCUT2D eigenvalue weighted by Crippen LogP contribution is -2.59. The second-order valence-electron chi connectivity index (χ2n) is 25.0. The summed E-state index contributed by atoms with van der Waals surface area (Å²) in [6, 6.07) is 23.6. The summed E-state index contributed by atoms with van der Waals surface area (Å²) < 4.78 is 3.14. The number of aliphatic hydroxyl groups is 2. The van der Waals surface area contributed by atoms with Crippen LogP contribution < -0.4 is 21.1 Å². The van der Waals surface area contributed by atoms with Gasteiger partial charge in [0.15, 0.2) is 11.5 Å². The van der Waals surface area contributed by atoms with Crippen LogP contribution in [0.2, 0.25) is 0 Å². The van der Waals surface area contributed by atoms with Crippen molar-refractivity contribution in [1.82, 2.24) is 54.2 Å². The summed E-state index contributed by atoms with van der Waals surface area (Å²) in [6.45, 7) is 18.0. The summed E-state index contributed by atoms with van der Waals surface area (Å²) in [4.78, 5) is 100. The lowest BCUT2D eigenvalue weighted by molar-refractivity contribution is -0.144. The van der Waals surface area contributed by atoms with Crippen molar-refractivity contribution in [3.8, 4) is 22.0 Å². The molecule has 0 unspecified atom stereocenters. The molecule has 4 aliphatic heterocycles. The largest absolute Gasteiger partial charge is 0.508 e. The topological polar surface area (TPSA) is 248 Å².